The Balaban J connectivity index is 1.51. The largest absolute Gasteiger partial charge is 0.481 e. The molecule has 1 aliphatic heterocycles. The van der Waals surface area contributed by atoms with Crippen molar-refractivity contribution in [2.75, 3.05) is 13.1 Å². The number of carbonyl (C=O) groups excluding carboxylic acids is 1. The molecular formula is C18H20ClN3O5. The standard InChI is InChI=1S/C18H20ClN3O5/c19-13-5-2-1-4-11(13)17-20-15(27-21-17)6-3-7-16(24)22-9-8-14(23)12(10-22)18(25)26/h1-2,4-5,12,14,23H,3,6-10H2,(H,25,26)/t12-,14+/m0/s1. The van der Waals surface area contributed by atoms with Crippen LogP contribution in [-0.4, -0.2) is 56.3 Å². The third-order valence-electron chi connectivity index (χ3n) is 4.61. The normalized spacial score (nSPS) is 19.9. The van der Waals surface area contributed by atoms with Crippen LogP contribution in [0.5, 0.6) is 0 Å². The number of halogens is 1. The number of likely N-dealkylation sites (tertiary alicyclic amines) is 1. The molecule has 8 nitrogen and oxygen atoms in total. The molecular weight excluding hydrogens is 374 g/mol. The molecule has 1 aromatic heterocycles. The van der Waals surface area contributed by atoms with Crippen LogP contribution in [0.4, 0.5) is 0 Å². The number of aryl methyl sites for hydroxylation is 1. The zero-order valence-corrected chi connectivity index (χ0v) is 15.3. The maximum absolute atomic E-state index is 12.3. The molecule has 9 heteroatoms. The zero-order valence-electron chi connectivity index (χ0n) is 14.5. The number of rotatable bonds is 6. The maximum atomic E-state index is 12.3. The number of aromatic nitrogens is 2. The Kier molecular flexibility index (Phi) is 6.08. The summed E-state index contributed by atoms with van der Waals surface area (Å²) in [6.45, 7) is 0.396. The van der Waals surface area contributed by atoms with Crippen LogP contribution in [0.2, 0.25) is 5.02 Å². The van der Waals surface area contributed by atoms with Crippen LogP contribution in [0.25, 0.3) is 11.4 Å². The molecule has 2 aromatic rings. The number of carbonyl (C=O) groups is 2. The molecule has 2 atom stereocenters. The van der Waals surface area contributed by atoms with Gasteiger partial charge in [0.05, 0.1) is 11.1 Å². The quantitative estimate of drug-likeness (QED) is 0.770. The third-order valence-corrected chi connectivity index (χ3v) is 4.94. The number of aliphatic hydroxyl groups excluding tert-OH is 1. The lowest BCUT2D eigenvalue weighted by atomic mass is 9.94. The maximum Gasteiger partial charge on any atom is 0.310 e. The first-order chi connectivity index (χ1) is 13.0. The monoisotopic (exact) mass is 393 g/mol. The summed E-state index contributed by atoms with van der Waals surface area (Å²) in [6, 6.07) is 7.18. The molecule has 1 saturated heterocycles. The summed E-state index contributed by atoms with van der Waals surface area (Å²) in [7, 11) is 0. The number of piperidine rings is 1. The summed E-state index contributed by atoms with van der Waals surface area (Å²) in [5, 5.41) is 23.3. The first kappa shape index (κ1) is 19.3. The lowest BCUT2D eigenvalue weighted by molar-refractivity contribution is -0.151. The highest BCUT2D eigenvalue weighted by Gasteiger charge is 2.34. The molecule has 0 bridgehead atoms. The average Bonchev–Trinajstić information content (AvgIpc) is 3.10. The van der Waals surface area contributed by atoms with Crippen LogP contribution in [0.1, 0.15) is 25.2 Å². The van der Waals surface area contributed by atoms with E-state index in [2.05, 4.69) is 10.1 Å². The van der Waals surface area contributed by atoms with Gasteiger partial charge in [-0.05, 0) is 25.0 Å². The van der Waals surface area contributed by atoms with E-state index in [1.54, 1.807) is 12.1 Å². The summed E-state index contributed by atoms with van der Waals surface area (Å²) < 4.78 is 5.21. The van der Waals surface area contributed by atoms with Crippen LogP contribution >= 0.6 is 11.6 Å². The minimum absolute atomic E-state index is 0.0343. The van der Waals surface area contributed by atoms with E-state index in [-0.39, 0.29) is 25.3 Å². The van der Waals surface area contributed by atoms with E-state index in [9.17, 15) is 14.7 Å². The third kappa shape index (κ3) is 4.64. The van der Waals surface area contributed by atoms with Crippen LogP contribution in [0.3, 0.4) is 0 Å². The minimum atomic E-state index is -1.09. The molecule has 1 aliphatic rings. The van der Waals surface area contributed by atoms with Gasteiger partial charge in [0.25, 0.3) is 0 Å². The SMILES string of the molecule is O=C(O)[C@H]1CN(C(=O)CCCc2nc(-c3ccccc3Cl)no2)CC[C@H]1O. The Hall–Kier alpha value is -2.45. The summed E-state index contributed by atoms with van der Waals surface area (Å²) in [4.78, 5) is 29.2. The van der Waals surface area contributed by atoms with E-state index < -0.39 is 18.0 Å². The fourth-order valence-corrected chi connectivity index (χ4v) is 3.29. The van der Waals surface area contributed by atoms with E-state index in [4.69, 9.17) is 21.2 Å². The molecule has 0 unspecified atom stereocenters. The number of hydrogen-bond acceptors (Lipinski definition) is 6. The van der Waals surface area contributed by atoms with E-state index in [0.717, 1.165) is 0 Å². The van der Waals surface area contributed by atoms with E-state index in [1.165, 1.54) is 4.90 Å². The van der Waals surface area contributed by atoms with Gasteiger partial charge in [-0.3, -0.25) is 9.59 Å². The first-order valence-electron chi connectivity index (χ1n) is 8.72. The van der Waals surface area contributed by atoms with E-state index in [1.807, 2.05) is 12.1 Å². The molecule has 0 aliphatic carbocycles. The Labute approximate surface area is 160 Å². The second kappa shape index (κ2) is 8.49. The van der Waals surface area contributed by atoms with Gasteiger partial charge < -0.3 is 19.6 Å². The van der Waals surface area contributed by atoms with Gasteiger partial charge in [0.1, 0.15) is 5.92 Å². The predicted octanol–water partition coefficient (Wildman–Crippen LogP) is 2.01. The van der Waals surface area contributed by atoms with Crippen LogP contribution < -0.4 is 0 Å². The molecule has 0 saturated carbocycles. The van der Waals surface area contributed by atoms with Gasteiger partial charge in [0.15, 0.2) is 0 Å². The summed E-state index contributed by atoms with van der Waals surface area (Å²) in [6.07, 6.45) is 0.537. The van der Waals surface area contributed by atoms with Gasteiger partial charge in [-0.25, -0.2) is 0 Å². The first-order valence-corrected chi connectivity index (χ1v) is 9.09. The highest BCUT2D eigenvalue weighted by molar-refractivity contribution is 6.33. The Morgan fingerprint density at radius 3 is 2.85 bits per heavy atom. The van der Waals surface area contributed by atoms with Crippen LogP contribution in [0.15, 0.2) is 28.8 Å². The van der Waals surface area contributed by atoms with E-state index >= 15 is 0 Å². The second-order valence-corrected chi connectivity index (χ2v) is 6.89. The molecule has 144 valence electrons. The van der Waals surface area contributed by atoms with Crippen molar-refractivity contribution in [2.45, 2.75) is 31.8 Å². The molecule has 0 radical (unpaired) electrons. The van der Waals surface area contributed by atoms with Gasteiger partial charge in [0, 0.05) is 31.5 Å². The average molecular weight is 394 g/mol. The van der Waals surface area contributed by atoms with Crippen molar-refractivity contribution in [3.05, 3.63) is 35.2 Å². The number of benzene rings is 1. The summed E-state index contributed by atoms with van der Waals surface area (Å²) in [5.74, 6) is -1.35. The van der Waals surface area contributed by atoms with Crippen molar-refractivity contribution >= 4 is 23.5 Å². The highest BCUT2D eigenvalue weighted by atomic mass is 35.5. The number of carboxylic acid groups (broad SMARTS) is 1. The van der Waals surface area contributed by atoms with Crippen LogP contribution in [0, 0.1) is 5.92 Å². The lowest BCUT2D eigenvalue weighted by Crippen LogP contribution is -2.48. The smallest absolute Gasteiger partial charge is 0.310 e. The Bertz CT molecular complexity index is 825. The lowest BCUT2D eigenvalue weighted by Gasteiger charge is -2.34. The molecule has 1 fully saturated rings. The van der Waals surface area contributed by atoms with Crippen molar-refractivity contribution in [1.29, 1.82) is 0 Å². The van der Waals surface area contributed by atoms with Crippen molar-refractivity contribution in [2.24, 2.45) is 5.92 Å². The summed E-state index contributed by atoms with van der Waals surface area (Å²) >= 11 is 6.11. The molecule has 2 heterocycles. The topological polar surface area (TPSA) is 117 Å². The molecule has 2 N–H and O–H groups in total. The molecule has 1 aromatic carbocycles. The number of carboxylic acids is 1. The number of hydrogen-bond donors (Lipinski definition) is 2. The van der Waals surface area contributed by atoms with Crippen molar-refractivity contribution in [3.63, 3.8) is 0 Å². The number of aliphatic hydroxyl groups is 1. The molecule has 0 spiro atoms. The van der Waals surface area contributed by atoms with E-state index in [0.29, 0.717) is 41.7 Å². The van der Waals surface area contributed by atoms with Gasteiger partial charge >= 0.3 is 5.97 Å². The van der Waals surface area contributed by atoms with Crippen molar-refractivity contribution in [3.8, 4) is 11.4 Å². The number of aliphatic carboxylic acids is 1. The Morgan fingerprint density at radius 2 is 2.11 bits per heavy atom. The van der Waals surface area contributed by atoms with Crippen molar-refractivity contribution < 1.29 is 24.3 Å². The van der Waals surface area contributed by atoms with Crippen LogP contribution in [-0.2, 0) is 16.0 Å². The second-order valence-electron chi connectivity index (χ2n) is 6.49. The Morgan fingerprint density at radius 1 is 1.33 bits per heavy atom. The molecule has 3 rings (SSSR count). The van der Waals surface area contributed by atoms with Gasteiger partial charge in [-0.2, -0.15) is 4.98 Å². The van der Waals surface area contributed by atoms with Crippen molar-refractivity contribution in [1.82, 2.24) is 15.0 Å². The van der Waals surface area contributed by atoms with Gasteiger partial charge in [0.2, 0.25) is 17.6 Å². The highest BCUT2D eigenvalue weighted by Crippen LogP contribution is 2.25. The molecule has 1 amide bonds. The van der Waals surface area contributed by atoms with Gasteiger partial charge in [-0.1, -0.05) is 28.9 Å². The minimum Gasteiger partial charge on any atom is -0.481 e. The molecule has 27 heavy (non-hydrogen) atoms. The number of amides is 1. The number of nitrogens with zero attached hydrogens (tertiary/aromatic N) is 3. The zero-order chi connectivity index (χ0) is 19.4. The predicted molar refractivity (Wildman–Crippen MR) is 96.0 cm³/mol. The fourth-order valence-electron chi connectivity index (χ4n) is 3.07. The fraction of sp³-hybridized carbons (Fsp3) is 0.444. The summed E-state index contributed by atoms with van der Waals surface area (Å²) in [5.41, 5.74) is 0.678. The van der Waals surface area contributed by atoms with Gasteiger partial charge in [-0.15, -0.1) is 0 Å².